The third-order valence-corrected chi connectivity index (χ3v) is 2.99. The second kappa shape index (κ2) is 4.28. The normalized spacial score (nSPS) is 32.9. The van der Waals surface area contributed by atoms with Gasteiger partial charge in [0.25, 0.3) is 0 Å². The van der Waals surface area contributed by atoms with Crippen LogP contribution in [0.1, 0.15) is 19.8 Å². The van der Waals surface area contributed by atoms with Crippen LogP contribution in [0.4, 0.5) is 0 Å². The Morgan fingerprint density at radius 3 is 3.14 bits per heavy atom. The van der Waals surface area contributed by atoms with Gasteiger partial charge in [-0.3, -0.25) is 10.1 Å². The number of hydrogen-bond donors (Lipinski definition) is 1. The van der Waals surface area contributed by atoms with Crippen LogP contribution < -0.4 is 5.32 Å². The molecule has 0 aliphatic carbocycles. The van der Waals surface area contributed by atoms with Gasteiger partial charge in [0, 0.05) is 19.1 Å². The zero-order chi connectivity index (χ0) is 9.97. The van der Waals surface area contributed by atoms with Crippen LogP contribution in [0.2, 0.25) is 0 Å². The van der Waals surface area contributed by atoms with E-state index in [1.54, 1.807) is 0 Å². The van der Waals surface area contributed by atoms with Crippen molar-refractivity contribution in [2.75, 3.05) is 26.3 Å². The van der Waals surface area contributed by atoms with E-state index < -0.39 is 0 Å². The summed E-state index contributed by atoms with van der Waals surface area (Å²) < 4.78 is 5.35. The number of hydrogen-bond acceptors (Lipinski definition) is 3. The number of nitrogens with one attached hydrogen (secondary N) is 1. The fourth-order valence-corrected chi connectivity index (χ4v) is 2.29. The van der Waals surface area contributed by atoms with Gasteiger partial charge in [-0.25, -0.2) is 0 Å². The maximum Gasteiger partial charge on any atom is 0.237 e. The first-order chi connectivity index (χ1) is 6.83. The number of carbonyl (C=O) groups is 1. The van der Waals surface area contributed by atoms with E-state index in [0.717, 1.165) is 32.6 Å². The molecule has 0 aromatic rings. The fourth-order valence-electron chi connectivity index (χ4n) is 2.29. The predicted octanol–water partition coefficient (Wildman–Crippen LogP) is 0.191. The standard InChI is InChI=1S/C10H18N2O2/c1-2-4-12-9(13)6-11-10(12)8-3-5-14-7-8/h8,10-11H,2-7H2,1H3. The van der Waals surface area contributed by atoms with Gasteiger partial charge in [-0.05, 0) is 12.8 Å². The van der Waals surface area contributed by atoms with Crippen LogP contribution in [0.25, 0.3) is 0 Å². The molecule has 0 radical (unpaired) electrons. The molecule has 2 fully saturated rings. The number of nitrogens with zero attached hydrogens (tertiary/aromatic N) is 1. The van der Waals surface area contributed by atoms with Crippen LogP contribution >= 0.6 is 0 Å². The van der Waals surface area contributed by atoms with Gasteiger partial charge in [-0.15, -0.1) is 0 Å². The number of carbonyl (C=O) groups excluding carboxylic acids is 1. The van der Waals surface area contributed by atoms with Crippen molar-refractivity contribution in [1.29, 1.82) is 0 Å². The lowest BCUT2D eigenvalue weighted by atomic mass is 10.1. The van der Waals surface area contributed by atoms with E-state index >= 15 is 0 Å². The minimum absolute atomic E-state index is 0.227. The highest BCUT2D eigenvalue weighted by atomic mass is 16.5. The topological polar surface area (TPSA) is 41.6 Å². The highest BCUT2D eigenvalue weighted by Gasteiger charge is 2.36. The molecule has 2 atom stereocenters. The zero-order valence-electron chi connectivity index (χ0n) is 8.66. The third kappa shape index (κ3) is 1.77. The Morgan fingerprint density at radius 2 is 2.50 bits per heavy atom. The molecular formula is C10H18N2O2. The van der Waals surface area contributed by atoms with Crippen molar-refractivity contribution in [1.82, 2.24) is 10.2 Å². The van der Waals surface area contributed by atoms with Crippen molar-refractivity contribution in [3.63, 3.8) is 0 Å². The highest BCUT2D eigenvalue weighted by molar-refractivity contribution is 5.80. The SMILES string of the molecule is CCCN1C(=O)CNC1C1CCOC1. The smallest absolute Gasteiger partial charge is 0.237 e. The Morgan fingerprint density at radius 1 is 1.64 bits per heavy atom. The quantitative estimate of drug-likeness (QED) is 0.704. The number of rotatable bonds is 3. The van der Waals surface area contributed by atoms with Crippen molar-refractivity contribution in [2.45, 2.75) is 25.9 Å². The maximum atomic E-state index is 11.6. The zero-order valence-corrected chi connectivity index (χ0v) is 8.66. The molecular weight excluding hydrogens is 180 g/mol. The molecule has 14 heavy (non-hydrogen) atoms. The Bertz CT molecular complexity index is 214. The Hall–Kier alpha value is -0.610. The van der Waals surface area contributed by atoms with Gasteiger partial charge < -0.3 is 9.64 Å². The number of amides is 1. The van der Waals surface area contributed by atoms with Crippen LogP contribution in [0.3, 0.4) is 0 Å². The lowest BCUT2D eigenvalue weighted by Crippen LogP contribution is -2.43. The second-order valence-corrected chi connectivity index (χ2v) is 4.04. The highest BCUT2D eigenvalue weighted by Crippen LogP contribution is 2.22. The molecule has 1 N–H and O–H groups in total. The van der Waals surface area contributed by atoms with Gasteiger partial charge in [0.15, 0.2) is 0 Å². The molecule has 2 rings (SSSR count). The van der Waals surface area contributed by atoms with Crippen LogP contribution in [0.15, 0.2) is 0 Å². The maximum absolute atomic E-state index is 11.6. The lowest BCUT2D eigenvalue weighted by molar-refractivity contribution is -0.128. The molecule has 2 aliphatic rings. The first-order valence-electron chi connectivity index (χ1n) is 5.43. The Balaban J connectivity index is 1.98. The molecule has 0 spiro atoms. The summed E-state index contributed by atoms with van der Waals surface area (Å²) in [5.74, 6) is 0.733. The first kappa shape index (κ1) is 9.93. The fraction of sp³-hybridized carbons (Fsp3) is 0.900. The Labute approximate surface area is 84.6 Å². The largest absolute Gasteiger partial charge is 0.381 e. The molecule has 0 bridgehead atoms. The van der Waals surface area contributed by atoms with Gasteiger partial charge in [-0.2, -0.15) is 0 Å². The summed E-state index contributed by atoms with van der Waals surface area (Å²) in [6.07, 6.45) is 2.33. The van der Waals surface area contributed by atoms with E-state index in [4.69, 9.17) is 4.74 Å². The van der Waals surface area contributed by atoms with E-state index in [1.807, 2.05) is 4.90 Å². The molecule has 0 aromatic heterocycles. The van der Waals surface area contributed by atoms with Gasteiger partial charge in [0.2, 0.25) is 5.91 Å². The van der Waals surface area contributed by atoms with Crippen molar-refractivity contribution in [3.8, 4) is 0 Å². The summed E-state index contributed by atoms with van der Waals surface area (Å²) in [5, 5.41) is 3.28. The number of ether oxygens (including phenoxy) is 1. The van der Waals surface area contributed by atoms with Crippen molar-refractivity contribution in [3.05, 3.63) is 0 Å². The van der Waals surface area contributed by atoms with E-state index in [2.05, 4.69) is 12.2 Å². The minimum atomic E-state index is 0.227. The molecule has 0 aromatic carbocycles. The second-order valence-electron chi connectivity index (χ2n) is 4.04. The molecule has 1 amide bonds. The van der Waals surface area contributed by atoms with Crippen LogP contribution in [0, 0.1) is 5.92 Å². The predicted molar refractivity (Wildman–Crippen MR) is 52.7 cm³/mol. The Kier molecular flexibility index (Phi) is 3.03. The van der Waals surface area contributed by atoms with Crippen molar-refractivity contribution < 1.29 is 9.53 Å². The third-order valence-electron chi connectivity index (χ3n) is 2.99. The van der Waals surface area contributed by atoms with Crippen molar-refractivity contribution >= 4 is 5.91 Å². The summed E-state index contributed by atoms with van der Waals surface area (Å²) in [6, 6.07) is 0. The molecule has 2 unspecified atom stereocenters. The van der Waals surface area contributed by atoms with Gasteiger partial charge >= 0.3 is 0 Å². The molecule has 0 saturated carbocycles. The minimum Gasteiger partial charge on any atom is -0.381 e. The average molecular weight is 198 g/mol. The molecule has 2 heterocycles. The van der Waals surface area contributed by atoms with E-state index in [-0.39, 0.29) is 12.1 Å². The van der Waals surface area contributed by atoms with Crippen LogP contribution in [-0.4, -0.2) is 43.3 Å². The van der Waals surface area contributed by atoms with E-state index in [9.17, 15) is 4.79 Å². The molecule has 80 valence electrons. The van der Waals surface area contributed by atoms with Gasteiger partial charge in [0.05, 0.1) is 19.3 Å². The van der Waals surface area contributed by atoms with Gasteiger partial charge in [-0.1, -0.05) is 6.92 Å². The first-order valence-corrected chi connectivity index (χ1v) is 5.43. The molecule has 4 nitrogen and oxygen atoms in total. The summed E-state index contributed by atoms with van der Waals surface area (Å²) >= 11 is 0. The van der Waals surface area contributed by atoms with E-state index in [1.165, 1.54) is 0 Å². The summed E-state index contributed by atoms with van der Waals surface area (Å²) in [7, 11) is 0. The van der Waals surface area contributed by atoms with Crippen LogP contribution in [0.5, 0.6) is 0 Å². The summed E-state index contributed by atoms with van der Waals surface area (Å²) in [6.45, 7) is 5.12. The monoisotopic (exact) mass is 198 g/mol. The average Bonchev–Trinajstić information content (AvgIpc) is 2.77. The molecule has 2 saturated heterocycles. The van der Waals surface area contributed by atoms with Crippen LogP contribution in [-0.2, 0) is 9.53 Å². The van der Waals surface area contributed by atoms with E-state index in [0.29, 0.717) is 12.5 Å². The summed E-state index contributed by atoms with van der Waals surface area (Å²) in [5.41, 5.74) is 0. The lowest BCUT2D eigenvalue weighted by Gasteiger charge is -2.27. The molecule has 4 heteroatoms. The molecule has 2 aliphatic heterocycles. The summed E-state index contributed by atoms with van der Waals surface area (Å²) in [4.78, 5) is 13.5. The van der Waals surface area contributed by atoms with Gasteiger partial charge in [0.1, 0.15) is 0 Å². The van der Waals surface area contributed by atoms with Crippen molar-refractivity contribution in [2.24, 2.45) is 5.92 Å².